The Morgan fingerprint density at radius 3 is 2.56 bits per heavy atom. The van der Waals surface area contributed by atoms with Crippen LogP contribution in [0.25, 0.3) is 10.8 Å². The van der Waals surface area contributed by atoms with Crippen molar-refractivity contribution in [2.75, 3.05) is 19.6 Å². The molecule has 1 unspecified atom stereocenters. The fraction of sp³-hybridized carbons (Fsp3) is 0.421. The first-order valence-corrected chi connectivity index (χ1v) is 11.9. The van der Waals surface area contributed by atoms with E-state index < -0.39 is 34.1 Å². The number of halogens is 4. The lowest BCUT2D eigenvalue weighted by Crippen LogP contribution is -2.53. The quantitative estimate of drug-likeness (QED) is 0.582. The molecule has 1 atom stereocenters. The van der Waals surface area contributed by atoms with Crippen LogP contribution in [0.1, 0.15) is 12.8 Å². The second-order valence-electron chi connectivity index (χ2n) is 7.72. The molecule has 0 aromatic heterocycles. The Morgan fingerprint density at radius 1 is 1.18 bits per heavy atom. The molecule has 1 saturated heterocycles. The fourth-order valence-corrected chi connectivity index (χ4v) is 5.37. The highest BCUT2D eigenvalue weighted by molar-refractivity contribution is 7.89. The maximum Gasteiger partial charge on any atom is 0.491 e. The van der Waals surface area contributed by atoms with Gasteiger partial charge in [-0.1, -0.05) is 34.0 Å². The summed E-state index contributed by atoms with van der Waals surface area (Å²) < 4.78 is 70.0. The van der Waals surface area contributed by atoms with Crippen molar-refractivity contribution in [2.24, 2.45) is 20.7 Å². The third-order valence-electron chi connectivity index (χ3n) is 5.38. The molecule has 2 aliphatic rings. The predicted molar refractivity (Wildman–Crippen MR) is 113 cm³/mol. The highest BCUT2D eigenvalue weighted by Crippen LogP contribution is 2.32. The summed E-state index contributed by atoms with van der Waals surface area (Å²) in [5.41, 5.74) is 0. The van der Waals surface area contributed by atoms with E-state index in [0.717, 1.165) is 5.39 Å². The minimum Gasteiger partial charge on any atom is -0.406 e. The first-order valence-electron chi connectivity index (χ1n) is 10.1. The zero-order chi connectivity index (χ0) is 24.6. The normalized spacial score (nSPS) is 20.6. The molecule has 182 valence electrons. The van der Waals surface area contributed by atoms with E-state index in [9.17, 15) is 26.4 Å². The molecule has 4 rings (SSSR count). The maximum atomic E-state index is 13.2. The van der Waals surface area contributed by atoms with Crippen molar-refractivity contribution < 1.29 is 31.1 Å². The summed E-state index contributed by atoms with van der Waals surface area (Å²) in [6.07, 6.45) is -5.42. The number of hydrogen-bond acceptors (Lipinski definition) is 9. The highest BCUT2D eigenvalue weighted by Gasteiger charge is 2.48. The zero-order valence-corrected chi connectivity index (χ0v) is 18.9. The molecule has 1 fully saturated rings. The summed E-state index contributed by atoms with van der Waals surface area (Å²) in [6, 6.07) is 9.38. The van der Waals surface area contributed by atoms with Crippen LogP contribution in [0.3, 0.4) is 0 Å². The minimum atomic E-state index is -5.24. The number of benzene rings is 2. The molecule has 15 heteroatoms. The molecule has 0 bridgehead atoms. The van der Waals surface area contributed by atoms with Crippen molar-refractivity contribution >= 4 is 38.4 Å². The van der Waals surface area contributed by atoms with Crippen LogP contribution in [0.4, 0.5) is 13.2 Å². The third-order valence-corrected chi connectivity index (χ3v) is 7.47. The van der Waals surface area contributed by atoms with E-state index >= 15 is 0 Å². The molecule has 0 saturated carbocycles. The number of esters is 1. The fourth-order valence-electron chi connectivity index (χ4n) is 3.67. The Hall–Kier alpha value is -2.68. The summed E-state index contributed by atoms with van der Waals surface area (Å²) in [6.45, 7) is 0.551. The lowest BCUT2D eigenvalue weighted by Gasteiger charge is -2.33. The van der Waals surface area contributed by atoms with E-state index in [4.69, 9.17) is 11.6 Å². The Bertz CT molecular complexity index is 1260. The monoisotopic (exact) mass is 518 g/mol. The first kappa shape index (κ1) is 24.4. The lowest BCUT2D eigenvalue weighted by atomic mass is 10.1. The van der Waals surface area contributed by atoms with Crippen molar-refractivity contribution in [1.29, 1.82) is 0 Å². The van der Waals surface area contributed by atoms with E-state index in [1.54, 1.807) is 30.3 Å². The van der Waals surface area contributed by atoms with Crippen molar-refractivity contribution in [1.82, 2.24) is 9.62 Å². The van der Waals surface area contributed by atoms with E-state index in [2.05, 4.69) is 30.7 Å². The second kappa shape index (κ2) is 9.17. The Morgan fingerprint density at radius 2 is 1.85 bits per heavy atom. The van der Waals surface area contributed by atoms with Crippen molar-refractivity contribution in [2.45, 2.75) is 35.8 Å². The molecular formula is C19H18ClF3N6O4S. The molecule has 10 nitrogen and oxygen atoms in total. The average Bonchev–Trinajstić information content (AvgIpc) is 3.25. The van der Waals surface area contributed by atoms with Gasteiger partial charge in [0.15, 0.2) is 0 Å². The molecule has 0 amide bonds. The average molecular weight is 519 g/mol. The first-order chi connectivity index (χ1) is 16.0. The molecule has 0 radical (unpaired) electrons. The van der Waals surface area contributed by atoms with Crippen LogP contribution >= 0.6 is 11.6 Å². The van der Waals surface area contributed by atoms with Crippen LogP contribution < -0.4 is 5.32 Å². The number of nitrogens with zero attached hydrogens (tertiary/aromatic N) is 5. The van der Waals surface area contributed by atoms with Gasteiger partial charge < -0.3 is 10.1 Å². The van der Waals surface area contributed by atoms with Gasteiger partial charge in [-0.3, -0.25) is 0 Å². The second-order valence-corrected chi connectivity index (χ2v) is 10.1. The molecule has 2 aromatic rings. The molecule has 2 aromatic carbocycles. The number of ether oxygens (including phenoxy) is 1. The SMILES string of the molecule is O=C(OC1(CCC2CN(S(=O)(=O)c3ccc4cc(Cl)ccc4c3)CCN2)N=NN=N1)C(F)(F)F. The standard InChI is InChI=1S/C19H18ClF3N6O4S/c20-14-3-1-13-10-16(4-2-12(13)9-14)34(31,32)29-8-7-24-15(11-29)5-6-18(25-27-28-26-18)33-17(30)19(21,22)23/h1-4,9-10,15,24H,5-8,11H2. The number of alkyl halides is 3. The van der Waals surface area contributed by atoms with Crippen LogP contribution in [0.15, 0.2) is 62.0 Å². The number of carbonyl (C=O) groups excluding carboxylic acids is 1. The van der Waals surface area contributed by atoms with E-state index in [1.165, 1.54) is 10.4 Å². The summed E-state index contributed by atoms with van der Waals surface area (Å²) in [7, 11) is -3.85. The molecule has 1 N–H and O–H groups in total. The number of carbonyl (C=O) groups is 1. The van der Waals surface area contributed by atoms with Gasteiger partial charge in [-0.05, 0) is 51.9 Å². The van der Waals surface area contributed by atoms with Crippen LogP contribution in [-0.2, 0) is 19.6 Å². The van der Waals surface area contributed by atoms with Crippen molar-refractivity contribution in [3.05, 3.63) is 41.4 Å². The zero-order valence-electron chi connectivity index (χ0n) is 17.4. The van der Waals surface area contributed by atoms with Crippen LogP contribution in [0.5, 0.6) is 0 Å². The van der Waals surface area contributed by atoms with E-state index in [-0.39, 0.29) is 30.8 Å². The minimum absolute atomic E-state index is 0.0402. The van der Waals surface area contributed by atoms with Crippen molar-refractivity contribution in [3.8, 4) is 0 Å². The van der Waals surface area contributed by atoms with Gasteiger partial charge in [-0.2, -0.15) is 17.5 Å². The number of piperazine rings is 1. The molecule has 2 heterocycles. The predicted octanol–water partition coefficient (Wildman–Crippen LogP) is 3.83. The Kier molecular flexibility index (Phi) is 6.59. The Balaban J connectivity index is 1.45. The van der Waals surface area contributed by atoms with Gasteiger partial charge in [-0.25, -0.2) is 13.2 Å². The highest BCUT2D eigenvalue weighted by atomic mass is 35.5. The van der Waals surface area contributed by atoms with Gasteiger partial charge in [-0.15, -0.1) is 0 Å². The van der Waals surface area contributed by atoms with Crippen molar-refractivity contribution in [3.63, 3.8) is 0 Å². The van der Waals surface area contributed by atoms with Gasteiger partial charge >= 0.3 is 18.0 Å². The van der Waals surface area contributed by atoms with Gasteiger partial charge in [0.2, 0.25) is 10.0 Å². The number of hydrogen-bond donors (Lipinski definition) is 1. The molecule has 0 spiro atoms. The molecule has 34 heavy (non-hydrogen) atoms. The third kappa shape index (κ3) is 5.19. The Labute approximate surface area is 196 Å². The number of sulfonamides is 1. The van der Waals surface area contributed by atoms with Gasteiger partial charge in [0.25, 0.3) is 0 Å². The lowest BCUT2D eigenvalue weighted by molar-refractivity contribution is -0.214. The molecule has 2 aliphatic heterocycles. The van der Waals surface area contributed by atoms with Crippen LogP contribution in [0.2, 0.25) is 5.02 Å². The molecular weight excluding hydrogens is 501 g/mol. The maximum absolute atomic E-state index is 13.2. The van der Waals surface area contributed by atoms with E-state index in [0.29, 0.717) is 17.0 Å². The smallest absolute Gasteiger partial charge is 0.406 e. The largest absolute Gasteiger partial charge is 0.491 e. The number of fused-ring (bicyclic) bond motifs is 1. The number of rotatable bonds is 6. The molecule has 0 aliphatic carbocycles. The van der Waals surface area contributed by atoms with Crippen LogP contribution in [0, 0.1) is 0 Å². The van der Waals surface area contributed by atoms with Gasteiger partial charge in [0.05, 0.1) is 4.90 Å². The van der Waals surface area contributed by atoms with E-state index in [1.807, 2.05) is 0 Å². The summed E-state index contributed by atoms with van der Waals surface area (Å²) >= 11 is 5.98. The van der Waals surface area contributed by atoms with Gasteiger partial charge in [0.1, 0.15) is 0 Å². The summed E-state index contributed by atoms with van der Waals surface area (Å²) in [5.74, 6) is -4.69. The van der Waals surface area contributed by atoms with Gasteiger partial charge in [0, 0.05) is 37.1 Å². The van der Waals surface area contributed by atoms with Crippen LogP contribution in [-0.4, -0.2) is 56.4 Å². The summed E-state index contributed by atoms with van der Waals surface area (Å²) in [5, 5.41) is 18.3. The topological polar surface area (TPSA) is 125 Å². The summed E-state index contributed by atoms with van der Waals surface area (Å²) in [4.78, 5) is 11.4. The number of nitrogens with one attached hydrogen (secondary N) is 1.